The zero-order valence-corrected chi connectivity index (χ0v) is 19.8. The van der Waals surface area contributed by atoms with Gasteiger partial charge in [-0.05, 0) is 88.6 Å². The van der Waals surface area contributed by atoms with Gasteiger partial charge in [-0.3, -0.25) is 0 Å². The summed E-state index contributed by atoms with van der Waals surface area (Å²) in [5.74, 6) is 0.359. The van der Waals surface area contributed by atoms with Crippen LogP contribution in [0.2, 0.25) is 0 Å². The molecule has 2 aliphatic rings. The molecular weight excluding hydrogens is 416 g/mol. The molecule has 3 aromatic rings. The van der Waals surface area contributed by atoms with Crippen molar-refractivity contribution in [3.8, 4) is 0 Å². The predicted molar refractivity (Wildman–Crippen MR) is 141 cm³/mol. The van der Waals surface area contributed by atoms with Gasteiger partial charge in [-0.25, -0.2) is 4.79 Å². The zero-order valence-electron chi connectivity index (χ0n) is 19.8. The normalized spacial score (nSPS) is 19.5. The van der Waals surface area contributed by atoms with E-state index >= 15 is 0 Å². The third kappa shape index (κ3) is 4.54. The fraction of sp³-hybridized carbons (Fsp3) is 0.219. The summed E-state index contributed by atoms with van der Waals surface area (Å²) in [6.07, 6.45) is 8.61. The molecule has 0 spiro atoms. The van der Waals surface area contributed by atoms with Gasteiger partial charge in [0.25, 0.3) is 0 Å². The van der Waals surface area contributed by atoms with Crippen LogP contribution in [0.5, 0.6) is 0 Å². The Morgan fingerprint density at radius 2 is 1.79 bits per heavy atom. The van der Waals surface area contributed by atoms with Crippen LogP contribution >= 0.6 is 0 Å². The molecule has 0 bridgehead atoms. The lowest BCUT2D eigenvalue weighted by atomic mass is 9.84. The lowest BCUT2D eigenvalue weighted by Crippen LogP contribution is -2.00. The van der Waals surface area contributed by atoms with E-state index in [-0.39, 0.29) is 0 Å². The van der Waals surface area contributed by atoms with Crippen LogP contribution < -0.4 is 0 Å². The Labute approximate surface area is 202 Å². The lowest BCUT2D eigenvalue weighted by molar-refractivity contribution is -0.131. The van der Waals surface area contributed by atoms with Gasteiger partial charge in [-0.1, -0.05) is 91.4 Å². The van der Waals surface area contributed by atoms with Gasteiger partial charge in [0.2, 0.25) is 0 Å². The molecule has 5 rings (SSSR count). The summed E-state index contributed by atoms with van der Waals surface area (Å²) in [5, 5.41) is 8.98. The van der Waals surface area contributed by atoms with E-state index in [0.29, 0.717) is 11.8 Å². The minimum atomic E-state index is -0.931. The standard InChI is InChI=1S/C32H30O2/c1-3-28(26-10-6-7-21(2)17-26)32(23-14-11-22(12-15-23)13-16-31(33)34)30-19-25-9-5-4-8-24(25)18-27-20-29(27)30/h4-17,19,27,29H,3,18,20H2,1-2H3,(H,33,34)/b16-13+,32-28+/t27-,29?/m0/s1. The van der Waals surface area contributed by atoms with Crippen molar-refractivity contribution in [2.45, 2.75) is 33.1 Å². The highest BCUT2D eigenvalue weighted by Gasteiger charge is 2.43. The molecule has 0 aliphatic heterocycles. The lowest BCUT2D eigenvalue weighted by Gasteiger charge is -2.20. The molecule has 0 aromatic heterocycles. The summed E-state index contributed by atoms with van der Waals surface area (Å²) in [7, 11) is 0. The molecule has 34 heavy (non-hydrogen) atoms. The van der Waals surface area contributed by atoms with Gasteiger partial charge >= 0.3 is 5.97 Å². The van der Waals surface area contributed by atoms with Gasteiger partial charge in [-0.2, -0.15) is 0 Å². The molecule has 3 aromatic carbocycles. The number of allylic oxidation sites excluding steroid dienone is 3. The number of fused-ring (bicyclic) bond motifs is 2. The van der Waals surface area contributed by atoms with E-state index in [1.54, 1.807) is 6.08 Å². The average Bonchev–Trinajstić information content (AvgIpc) is 3.61. The summed E-state index contributed by atoms with van der Waals surface area (Å²) in [5.41, 5.74) is 11.6. The molecule has 0 amide bonds. The fourth-order valence-electron chi connectivity index (χ4n) is 5.33. The first kappa shape index (κ1) is 22.2. The van der Waals surface area contributed by atoms with Crippen molar-refractivity contribution in [1.82, 2.24) is 0 Å². The SMILES string of the molecule is CC/C(=C(\C1=Cc2ccccc2C[C@H]2CC12)c1ccc(/C=C/C(=O)O)cc1)c1cccc(C)c1. The van der Waals surface area contributed by atoms with Crippen molar-refractivity contribution in [2.24, 2.45) is 11.8 Å². The number of hydrogen-bond donors (Lipinski definition) is 1. The molecular formula is C32H30O2. The molecule has 0 radical (unpaired) electrons. The van der Waals surface area contributed by atoms with E-state index in [9.17, 15) is 4.79 Å². The molecule has 2 atom stereocenters. The van der Waals surface area contributed by atoms with Crippen molar-refractivity contribution in [3.05, 3.63) is 118 Å². The summed E-state index contributed by atoms with van der Waals surface area (Å²) in [6, 6.07) is 26.0. The molecule has 2 nitrogen and oxygen atoms in total. The number of aliphatic carboxylic acids is 1. The Balaban J connectivity index is 1.70. The number of carbonyl (C=O) groups is 1. The summed E-state index contributed by atoms with van der Waals surface area (Å²) < 4.78 is 0. The van der Waals surface area contributed by atoms with Crippen LogP contribution in [0.3, 0.4) is 0 Å². The topological polar surface area (TPSA) is 37.3 Å². The van der Waals surface area contributed by atoms with E-state index in [4.69, 9.17) is 5.11 Å². The van der Waals surface area contributed by atoms with Crippen LogP contribution in [0, 0.1) is 18.8 Å². The van der Waals surface area contributed by atoms with Crippen LogP contribution in [0.1, 0.15) is 53.1 Å². The van der Waals surface area contributed by atoms with Crippen molar-refractivity contribution in [3.63, 3.8) is 0 Å². The Kier molecular flexibility index (Phi) is 6.06. The molecule has 2 aliphatic carbocycles. The van der Waals surface area contributed by atoms with E-state index in [0.717, 1.165) is 18.4 Å². The molecule has 1 N–H and O–H groups in total. The first-order valence-electron chi connectivity index (χ1n) is 12.1. The molecule has 1 saturated carbocycles. The number of carboxylic acids is 1. The smallest absolute Gasteiger partial charge is 0.328 e. The second-order valence-corrected chi connectivity index (χ2v) is 9.48. The van der Waals surface area contributed by atoms with Crippen molar-refractivity contribution in [1.29, 1.82) is 0 Å². The van der Waals surface area contributed by atoms with Gasteiger partial charge < -0.3 is 5.11 Å². The maximum atomic E-state index is 10.9. The minimum absolute atomic E-state index is 0.584. The number of hydrogen-bond acceptors (Lipinski definition) is 1. The maximum absolute atomic E-state index is 10.9. The second-order valence-electron chi connectivity index (χ2n) is 9.48. The second kappa shape index (κ2) is 9.30. The minimum Gasteiger partial charge on any atom is -0.478 e. The van der Waals surface area contributed by atoms with Gasteiger partial charge in [0.05, 0.1) is 0 Å². The zero-order chi connectivity index (χ0) is 23.7. The third-order valence-corrected chi connectivity index (χ3v) is 7.10. The van der Waals surface area contributed by atoms with E-state index < -0.39 is 5.97 Å². The van der Waals surface area contributed by atoms with E-state index in [1.807, 2.05) is 12.1 Å². The Morgan fingerprint density at radius 1 is 1.00 bits per heavy atom. The Hall–Kier alpha value is -3.65. The summed E-state index contributed by atoms with van der Waals surface area (Å²) >= 11 is 0. The van der Waals surface area contributed by atoms with Crippen molar-refractivity contribution >= 4 is 29.3 Å². The van der Waals surface area contributed by atoms with Crippen LogP contribution in [-0.4, -0.2) is 11.1 Å². The number of aryl methyl sites for hydroxylation is 1. The van der Waals surface area contributed by atoms with Crippen molar-refractivity contribution in [2.75, 3.05) is 0 Å². The molecule has 170 valence electrons. The highest BCUT2D eigenvalue weighted by Crippen LogP contribution is 2.54. The Bertz CT molecular complexity index is 1320. The van der Waals surface area contributed by atoms with Gasteiger partial charge in [0.15, 0.2) is 0 Å². The number of rotatable bonds is 6. The predicted octanol–water partition coefficient (Wildman–Crippen LogP) is 7.69. The van der Waals surface area contributed by atoms with Crippen LogP contribution in [-0.2, 0) is 11.2 Å². The molecule has 0 saturated heterocycles. The largest absolute Gasteiger partial charge is 0.478 e. The first-order chi connectivity index (χ1) is 16.5. The molecule has 2 heteroatoms. The number of benzene rings is 3. The first-order valence-corrected chi connectivity index (χ1v) is 12.1. The number of carboxylic acid groups (broad SMARTS) is 1. The monoisotopic (exact) mass is 446 g/mol. The summed E-state index contributed by atoms with van der Waals surface area (Å²) in [4.78, 5) is 10.9. The van der Waals surface area contributed by atoms with Crippen molar-refractivity contribution < 1.29 is 9.90 Å². The Morgan fingerprint density at radius 3 is 2.53 bits per heavy atom. The highest BCUT2D eigenvalue weighted by molar-refractivity contribution is 6.01. The molecule has 0 heterocycles. The van der Waals surface area contributed by atoms with Gasteiger partial charge in [-0.15, -0.1) is 0 Å². The van der Waals surface area contributed by atoms with E-state index in [2.05, 4.69) is 80.6 Å². The van der Waals surface area contributed by atoms with Crippen LogP contribution in [0.15, 0.2) is 84.4 Å². The fourth-order valence-corrected chi connectivity index (χ4v) is 5.33. The van der Waals surface area contributed by atoms with Crippen LogP contribution in [0.25, 0.3) is 23.3 Å². The van der Waals surface area contributed by atoms with Gasteiger partial charge in [0, 0.05) is 6.08 Å². The average molecular weight is 447 g/mol. The quantitative estimate of drug-likeness (QED) is 0.311. The van der Waals surface area contributed by atoms with Gasteiger partial charge in [0.1, 0.15) is 0 Å². The summed E-state index contributed by atoms with van der Waals surface area (Å²) in [6.45, 7) is 4.40. The van der Waals surface area contributed by atoms with Crippen LogP contribution in [0.4, 0.5) is 0 Å². The molecule has 1 unspecified atom stereocenters. The highest BCUT2D eigenvalue weighted by atomic mass is 16.4. The van der Waals surface area contributed by atoms with E-state index in [1.165, 1.54) is 57.0 Å². The maximum Gasteiger partial charge on any atom is 0.328 e. The third-order valence-electron chi connectivity index (χ3n) is 7.10. The molecule has 1 fully saturated rings.